The van der Waals surface area contributed by atoms with Crippen LogP contribution in [0, 0.1) is 0 Å². The minimum Gasteiger partial charge on any atom is -0.352 e. The van der Waals surface area contributed by atoms with Gasteiger partial charge in [0, 0.05) is 44.0 Å². The SMILES string of the molecule is O=C(CCN1C(=O)CCc2ccccc21)NCc1ccc(-c2ccncc2)cc1. The van der Waals surface area contributed by atoms with Gasteiger partial charge < -0.3 is 10.2 Å². The largest absolute Gasteiger partial charge is 0.352 e. The number of para-hydroxylation sites is 1. The normalized spacial score (nSPS) is 13.1. The molecule has 29 heavy (non-hydrogen) atoms. The Morgan fingerprint density at radius 1 is 0.931 bits per heavy atom. The van der Waals surface area contributed by atoms with Crippen LogP contribution in [0.25, 0.3) is 11.1 Å². The first-order valence-electron chi connectivity index (χ1n) is 9.85. The zero-order valence-electron chi connectivity index (χ0n) is 16.2. The highest BCUT2D eigenvalue weighted by atomic mass is 16.2. The maximum atomic E-state index is 12.3. The molecule has 2 heterocycles. The number of anilines is 1. The van der Waals surface area contributed by atoms with Crippen LogP contribution in [0.15, 0.2) is 73.1 Å². The summed E-state index contributed by atoms with van der Waals surface area (Å²) < 4.78 is 0. The van der Waals surface area contributed by atoms with E-state index in [4.69, 9.17) is 0 Å². The summed E-state index contributed by atoms with van der Waals surface area (Å²) in [5.74, 6) is 0.0299. The minimum absolute atomic E-state index is 0.0564. The monoisotopic (exact) mass is 385 g/mol. The van der Waals surface area contributed by atoms with Gasteiger partial charge in [0.1, 0.15) is 0 Å². The van der Waals surface area contributed by atoms with Crippen molar-refractivity contribution in [3.63, 3.8) is 0 Å². The number of amides is 2. The Labute approximate surface area is 170 Å². The molecule has 3 aromatic rings. The van der Waals surface area contributed by atoms with Gasteiger partial charge in [0.2, 0.25) is 11.8 Å². The lowest BCUT2D eigenvalue weighted by atomic mass is 10.0. The van der Waals surface area contributed by atoms with Crippen molar-refractivity contribution in [1.29, 1.82) is 0 Å². The molecule has 0 radical (unpaired) electrons. The first kappa shape index (κ1) is 18.9. The zero-order chi connectivity index (χ0) is 20.1. The third kappa shape index (κ3) is 4.51. The number of nitrogens with one attached hydrogen (secondary N) is 1. The second kappa shape index (κ2) is 8.69. The molecule has 1 aliphatic heterocycles. The van der Waals surface area contributed by atoms with E-state index in [9.17, 15) is 9.59 Å². The van der Waals surface area contributed by atoms with E-state index in [1.807, 2.05) is 60.7 Å². The summed E-state index contributed by atoms with van der Waals surface area (Å²) in [4.78, 5) is 30.4. The van der Waals surface area contributed by atoms with Gasteiger partial charge in [-0.15, -0.1) is 0 Å². The third-order valence-corrected chi connectivity index (χ3v) is 5.21. The van der Waals surface area contributed by atoms with Crippen molar-refractivity contribution < 1.29 is 9.59 Å². The number of fused-ring (bicyclic) bond motifs is 1. The summed E-state index contributed by atoms with van der Waals surface area (Å²) in [6.45, 7) is 0.878. The molecule has 1 aromatic heterocycles. The van der Waals surface area contributed by atoms with E-state index in [0.717, 1.165) is 28.8 Å². The Bertz CT molecular complexity index is 1000. The van der Waals surface area contributed by atoms with Crippen LogP contribution in [0.2, 0.25) is 0 Å². The van der Waals surface area contributed by atoms with Crippen LogP contribution in [0.3, 0.4) is 0 Å². The topological polar surface area (TPSA) is 62.3 Å². The molecule has 4 rings (SSSR count). The molecular formula is C24H23N3O2. The summed E-state index contributed by atoms with van der Waals surface area (Å²) in [5.41, 5.74) is 5.37. The molecule has 2 aromatic carbocycles. The van der Waals surface area contributed by atoms with Crippen molar-refractivity contribution in [1.82, 2.24) is 10.3 Å². The molecule has 0 fully saturated rings. The standard InChI is InChI=1S/C24H23N3O2/c28-23(13-16-27-22-4-2-1-3-21(22)9-10-24(27)29)26-17-18-5-7-19(8-6-18)20-11-14-25-15-12-20/h1-8,11-12,14-15H,9-10,13,16-17H2,(H,26,28). The lowest BCUT2D eigenvalue weighted by Crippen LogP contribution is -2.38. The predicted octanol–water partition coefficient (Wildman–Crippen LogP) is 3.73. The maximum Gasteiger partial charge on any atom is 0.227 e. The van der Waals surface area contributed by atoms with Gasteiger partial charge in [0.25, 0.3) is 0 Å². The molecule has 0 bridgehead atoms. The van der Waals surface area contributed by atoms with Crippen molar-refractivity contribution >= 4 is 17.5 Å². The molecule has 146 valence electrons. The number of hydrogen-bond acceptors (Lipinski definition) is 3. The van der Waals surface area contributed by atoms with Crippen LogP contribution in [0.5, 0.6) is 0 Å². The fourth-order valence-electron chi connectivity index (χ4n) is 3.60. The maximum absolute atomic E-state index is 12.3. The van der Waals surface area contributed by atoms with Crippen LogP contribution in [0.4, 0.5) is 5.69 Å². The average Bonchev–Trinajstić information content (AvgIpc) is 2.78. The van der Waals surface area contributed by atoms with E-state index >= 15 is 0 Å². The predicted molar refractivity (Wildman–Crippen MR) is 113 cm³/mol. The number of carbonyl (C=O) groups is 2. The van der Waals surface area contributed by atoms with Gasteiger partial charge in [0.05, 0.1) is 0 Å². The molecule has 0 spiro atoms. The van der Waals surface area contributed by atoms with Gasteiger partial charge >= 0.3 is 0 Å². The lowest BCUT2D eigenvalue weighted by molar-refractivity contribution is -0.121. The van der Waals surface area contributed by atoms with Gasteiger partial charge in [-0.05, 0) is 46.9 Å². The van der Waals surface area contributed by atoms with E-state index in [-0.39, 0.29) is 18.2 Å². The number of rotatable bonds is 6. The van der Waals surface area contributed by atoms with Crippen LogP contribution in [-0.4, -0.2) is 23.3 Å². The first-order chi connectivity index (χ1) is 14.2. The molecule has 2 amide bonds. The minimum atomic E-state index is -0.0564. The Hall–Kier alpha value is -3.47. The smallest absolute Gasteiger partial charge is 0.227 e. The first-order valence-corrected chi connectivity index (χ1v) is 9.85. The van der Waals surface area contributed by atoms with E-state index in [0.29, 0.717) is 19.5 Å². The number of hydrogen-bond donors (Lipinski definition) is 1. The highest BCUT2D eigenvalue weighted by molar-refractivity contribution is 5.97. The Morgan fingerprint density at radius 2 is 1.66 bits per heavy atom. The molecule has 0 unspecified atom stereocenters. The average molecular weight is 385 g/mol. The van der Waals surface area contributed by atoms with Gasteiger partial charge in [0.15, 0.2) is 0 Å². The molecular weight excluding hydrogens is 362 g/mol. The van der Waals surface area contributed by atoms with Crippen molar-refractivity contribution in [3.8, 4) is 11.1 Å². The molecule has 5 heteroatoms. The number of benzene rings is 2. The molecule has 0 saturated carbocycles. The van der Waals surface area contributed by atoms with Gasteiger partial charge in [-0.3, -0.25) is 14.6 Å². The second-order valence-corrected chi connectivity index (χ2v) is 7.13. The van der Waals surface area contributed by atoms with E-state index in [1.54, 1.807) is 17.3 Å². The fraction of sp³-hybridized carbons (Fsp3) is 0.208. The van der Waals surface area contributed by atoms with Crippen LogP contribution < -0.4 is 10.2 Å². The summed E-state index contributed by atoms with van der Waals surface area (Å²) >= 11 is 0. The molecule has 0 saturated heterocycles. The number of aromatic nitrogens is 1. The number of carbonyl (C=O) groups excluding carboxylic acids is 2. The highest BCUT2D eigenvalue weighted by Crippen LogP contribution is 2.27. The highest BCUT2D eigenvalue weighted by Gasteiger charge is 2.23. The summed E-state index contributed by atoms with van der Waals surface area (Å²) in [7, 11) is 0. The van der Waals surface area contributed by atoms with Crippen LogP contribution in [-0.2, 0) is 22.6 Å². The number of pyridine rings is 1. The Balaban J connectivity index is 1.30. The van der Waals surface area contributed by atoms with E-state index in [1.165, 1.54) is 5.56 Å². The number of aryl methyl sites for hydroxylation is 1. The quantitative estimate of drug-likeness (QED) is 0.703. The Morgan fingerprint density at radius 3 is 2.45 bits per heavy atom. The van der Waals surface area contributed by atoms with Crippen molar-refractivity contribution in [2.75, 3.05) is 11.4 Å². The fourth-order valence-corrected chi connectivity index (χ4v) is 3.60. The zero-order valence-corrected chi connectivity index (χ0v) is 16.2. The van der Waals surface area contributed by atoms with Crippen molar-refractivity contribution in [2.45, 2.75) is 25.8 Å². The second-order valence-electron chi connectivity index (χ2n) is 7.13. The summed E-state index contributed by atoms with van der Waals surface area (Å²) in [5, 5.41) is 2.95. The van der Waals surface area contributed by atoms with Crippen LogP contribution in [0.1, 0.15) is 24.0 Å². The molecule has 0 atom stereocenters. The van der Waals surface area contributed by atoms with Gasteiger partial charge in [-0.2, -0.15) is 0 Å². The van der Waals surface area contributed by atoms with Crippen molar-refractivity contribution in [3.05, 3.63) is 84.2 Å². The summed E-state index contributed by atoms with van der Waals surface area (Å²) in [6.07, 6.45) is 5.11. The Kier molecular flexibility index (Phi) is 5.66. The lowest BCUT2D eigenvalue weighted by Gasteiger charge is -2.29. The molecule has 0 aliphatic carbocycles. The molecule has 5 nitrogen and oxygen atoms in total. The van der Waals surface area contributed by atoms with Crippen LogP contribution >= 0.6 is 0 Å². The van der Waals surface area contributed by atoms with Crippen molar-refractivity contribution in [2.24, 2.45) is 0 Å². The van der Waals surface area contributed by atoms with Gasteiger partial charge in [-0.25, -0.2) is 0 Å². The van der Waals surface area contributed by atoms with E-state index < -0.39 is 0 Å². The molecule has 1 aliphatic rings. The number of nitrogens with zero attached hydrogens (tertiary/aromatic N) is 2. The molecule has 1 N–H and O–H groups in total. The third-order valence-electron chi connectivity index (χ3n) is 5.21. The van der Waals surface area contributed by atoms with Gasteiger partial charge in [-0.1, -0.05) is 42.5 Å². The van der Waals surface area contributed by atoms with E-state index in [2.05, 4.69) is 10.3 Å². The summed E-state index contributed by atoms with van der Waals surface area (Å²) in [6, 6.07) is 20.0.